The molecule has 0 aromatic heterocycles. The molecule has 3 N–H and O–H groups in total. The molecule has 0 spiro atoms. The molecule has 0 bridgehead atoms. The Morgan fingerprint density at radius 3 is 2.24 bits per heavy atom. The van der Waals surface area contributed by atoms with Crippen molar-refractivity contribution in [3.05, 3.63) is 34.3 Å². The number of benzene rings is 1. The Kier molecular flexibility index (Phi) is 5.59. The Labute approximate surface area is 111 Å². The number of aliphatic hydroxyl groups excluding tert-OH is 2. The third-order valence-corrected chi connectivity index (χ3v) is 3.50. The van der Waals surface area contributed by atoms with Crippen LogP contribution < -0.4 is 5.32 Å². The molecule has 0 radical (unpaired) electrons. The van der Waals surface area contributed by atoms with E-state index in [1.165, 1.54) is 5.56 Å². The van der Waals surface area contributed by atoms with E-state index in [0.29, 0.717) is 6.54 Å². The maximum Gasteiger partial charge on any atom is 0.0519 e. The van der Waals surface area contributed by atoms with Crippen LogP contribution >= 0.6 is 15.9 Å². The van der Waals surface area contributed by atoms with Gasteiger partial charge in [0.2, 0.25) is 0 Å². The van der Waals surface area contributed by atoms with Crippen LogP contribution in [0, 0.1) is 5.41 Å². The lowest BCUT2D eigenvalue weighted by atomic mass is 9.92. The van der Waals surface area contributed by atoms with Gasteiger partial charge in [-0.3, -0.25) is 0 Å². The van der Waals surface area contributed by atoms with Crippen molar-refractivity contribution in [2.75, 3.05) is 19.8 Å². The van der Waals surface area contributed by atoms with Crippen LogP contribution in [0.2, 0.25) is 0 Å². The normalized spacial score (nSPS) is 13.7. The predicted octanol–water partition coefficient (Wildman–Crippen LogP) is 2.09. The highest BCUT2D eigenvalue weighted by Crippen LogP contribution is 2.19. The molecule has 0 amide bonds. The van der Waals surface area contributed by atoms with Gasteiger partial charge in [-0.25, -0.2) is 0 Å². The summed E-state index contributed by atoms with van der Waals surface area (Å²) < 4.78 is 1.06. The van der Waals surface area contributed by atoms with E-state index in [2.05, 4.69) is 40.3 Å². The average Bonchev–Trinajstić information content (AvgIpc) is 2.36. The topological polar surface area (TPSA) is 52.5 Å². The van der Waals surface area contributed by atoms with Crippen molar-refractivity contribution in [1.29, 1.82) is 0 Å². The quantitative estimate of drug-likeness (QED) is 0.754. The predicted molar refractivity (Wildman–Crippen MR) is 72.8 cm³/mol. The zero-order valence-electron chi connectivity index (χ0n) is 10.3. The van der Waals surface area contributed by atoms with E-state index in [-0.39, 0.29) is 19.3 Å². The van der Waals surface area contributed by atoms with Crippen LogP contribution in [-0.4, -0.2) is 30.0 Å². The molecular weight excluding hydrogens is 282 g/mol. The van der Waals surface area contributed by atoms with E-state index < -0.39 is 5.41 Å². The summed E-state index contributed by atoms with van der Waals surface area (Å²) in [5, 5.41) is 21.7. The van der Waals surface area contributed by atoms with E-state index in [4.69, 9.17) is 0 Å². The fourth-order valence-corrected chi connectivity index (χ4v) is 1.69. The van der Waals surface area contributed by atoms with Crippen LogP contribution in [-0.2, 0) is 0 Å². The van der Waals surface area contributed by atoms with Crippen LogP contribution in [0.15, 0.2) is 28.7 Å². The van der Waals surface area contributed by atoms with Crippen molar-refractivity contribution in [3.63, 3.8) is 0 Å². The molecule has 96 valence electrons. The first-order chi connectivity index (χ1) is 8.00. The molecule has 1 atom stereocenters. The van der Waals surface area contributed by atoms with Crippen LogP contribution in [0.3, 0.4) is 0 Å². The minimum absolute atomic E-state index is 0.0242. The monoisotopic (exact) mass is 301 g/mol. The maximum absolute atomic E-state index is 9.20. The van der Waals surface area contributed by atoms with Gasteiger partial charge in [-0.15, -0.1) is 0 Å². The summed E-state index contributed by atoms with van der Waals surface area (Å²) in [6.07, 6.45) is 0. The molecule has 0 heterocycles. The van der Waals surface area contributed by atoms with Gasteiger partial charge in [-0.2, -0.15) is 0 Å². The van der Waals surface area contributed by atoms with Crippen molar-refractivity contribution in [3.8, 4) is 0 Å². The highest BCUT2D eigenvalue weighted by atomic mass is 79.9. The minimum atomic E-state index is -0.469. The molecule has 1 aromatic carbocycles. The van der Waals surface area contributed by atoms with Gasteiger partial charge in [0.1, 0.15) is 0 Å². The Morgan fingerprint density at radius 2 is 1.76 bits per heavy atom. The fourth-order valence-electron chi connectivity index (χ4n) is 1.43. The van der Waals surface area contributed by atoms with Crippen molar-refractivity contribution < 1.29 is 10.2 Å². The zero-order chi connectivity index (χ0) is 12.9. The number of hydrogen-bond acceptors (Lipinski definition) is 3. The molecule has 0 aliphatic rings. The largest absolute Gasteiger partial charge is 0.396 e. The molecule has 0 aliphatic heterocycles. The Balaban J connectivity index is 2.55. The van der Waals surface area contributed by atoms with Crippen molar-refractivity contribution in [2.45, 2.75) is 19.9 Å². The van der Waals surface area contributed by atoms with Crippen molar-refractivity contribution in [1.82, 2.24) is 5.32 Å². The first-order valence-corrected chi connectivity index (χ1v) is 6.50. The van der Waals surface area contributed by atoms with Crippen LogP contribution in [0.1, 0.15) is 25.5 Å². The molecule has 17 heavy (non-hydrogen) atoms. The smallest absolute Gasteiger partial charge is 0.0519 e. The number of hydrogen-bond donors (Lipinski definition) is 3. The molecule has 1 rings (SSSR count). The SMILES string of the molecule is C[C@@H](NCC(C)(CO)CO)c1ccc(Br)cc1. The van der Waals surface area contributed by atoms with Crippen LogP contribution in [0.5, 0.6) is 0 Å². The van der Waals surface area contributed by atoms with E-state index in [9.17, 15) is 10.2 Å². The van der Waals surface area contributed by atoms with Gasteiger partial charge in [0, 0.05) is 22.5 Å². The first kappa shape index (κ1) is 14.6. The van der Waals surface area contributed by atoms with E-state index in [0.717, 1.165) is 4.47 Å². The van der Waals surface area contributed by atoms with Gasteiger partial charge in [0.25, 0.3) is 0 Å². The molecule has 0 unspecified atom stereocenters. The summed E-state index contributed by atoms with van der Waals surface area (Å²) in [4.78, 5) is 0. The molecule has 0 saturated heterocycles. The van der Waals surface area contributed by atoms with Gasteiger partial charge in [-0.05, 0) is 24.6 Å². The summed E-state index contributed by atoms with van der Waals surface area (Å²) >= 11 is 3.40. The second-order valence-electron chi connectivity index (χ2n) is 4.78. The molecule has 0 fully saturated rings. The summed E-state index contributed by atoms with van der Waals surface area (Å²) in [5.74, 6) is 0. The minimum Gasteiger partial charge on any atom is -0.396 e. The van der Waals surface area contributed by atoms with Gasteiger partial charge in [0.15, 0.2) is 0 Å². The fraction of sp³-hybridized carbons (Fsp3) is 0.538. The third-order valence-electron chi connectivity index (χ3n) is 2.97. The molecule has 4 heteroatoms. The van der Waals surface area contributed by atoms with Crippen LogP contribution in [0.25, 0.3) is 0 Å². The summed E-state index contributed by atoms with van der Waals surface area (Å²) in [6.45, 7) is 4.46. The first-order valence-electron chi connectivity index (χ1n) is 5.71. The zero-order valence-corrected chi connectivity index (χ0v) is 11.9. The number of nitrogens with one attached hydrogen (secondary N) is 1. The van der Waals surface area contributed by atoms with E-state index in [1.807, 2.05) is 19.1 Å². The lowest BCUT2D eigenvalue weighted by Crippen LogP contribution is -2.38. The molecular formula is C13H20BrNO2. The lowest BCUT2D eigenvalue weighted by Gasteiger charge is -2.27. The van der Waals surface area contributed by atoms with Crippen molar-refractivity contribution >= 4 is 15.9 Å². The van der Waals surface area contributed by atoms with Gasteiger partial charge >= 0.3 is 0 Å². The number of rotatable bonds is 6. The highest BCUT2D eigenvalue weighted by Gasteiger charge is 2.22. The second-order valence-corrected chi connectivity index (χ2v) is 5.70. The summed E-state index contributed by atoms with van der Waals surface area (Å²) in [7, 11) is 0. The van der Waals surface area contributed by atoms with Gasteiger partial charge < -0.3 is 15.5 Å². The molecule has 0 aliphatic carbocycles. The average molecular weight is 302 g/mol. The Bertz CT molecular complexity index is 336. The molecule has 1 aromatic rings. The molecule has 3 nitrogen and oxygen atoms in total. The van der Waals surface area contributed by atoms with E-state index >= 15 is 0 Å². The molecule has 0 saturated carbocycles. The highest BCUT2D eigenvalue weighted by molar-refractivity contribution is 9.10. The van der Waals surface area contributed by atoms with Gasteiger partial charge in [0.05, 0.1) is 13.2 Å². The Hall–Kier alpha value is -0.420. The standard InChI is InChI=1S/C13H20BrNO2/c1-10(11-3-5-12(14)6-4-11)15-7-13(2,8-16)9-17/h3-6,10,15-17H,7-9H2,1-2H3/t10-/m1/s1. The Morgan fingerprint density at radius 1 is 1.24 bits per heavy atom. The maximum atomic E-state index is 9.20. The number of halogens is 1. The van der Waals surface area contributed by atoms with E-state index in [1.54, 1.807) is 0 Å². The number of aliphatic hydroxyl groups is 2. The summed E-state index contributed by atoms with van der Waals surface area (Å²) in [6, 6.07) is 8.31. The third kappa shape index (κ3) is 4.39. The lowest BCUT2D eigenvalue weighted by molar-refractivity contribution is 0.0677. The second kappa shape index (κ2) is 6.50. The van der Waals surface area contributed by atoms with Gasteiger partial charge in [-0.1, -0.05) is 35.0 Å². The van der Waals surface area contributed by atoms with Crippen molar-refractivity contribution in [2.24, 2.45) is 5.41 Å². The summed E-state index contributed by atoms with van der Waals surface area (Å²) in [5.41, 5.74) is 0.718. The van der Waals surface area contributed by atoms with Crippen LogP contribution in [0.4, 0.5) is 0 Å².